The summed E-state index contributed by atoms with van der Waals surface area (Å²) in [7, 11) is 0. The van der Waals surface area contributed by atoms with E-state index in [-0.39, 0.29) is 11.6 Å². The molecule has 1 aromatic rings. The minimum atomic E-state index is -0.614. The number of non-ortho nitro benzene ring substituents is 1. The third-order valence-electron chi connectivity index (χ3n) is 3.94. The molecule has 2 rings (SSSR count). The molecule has 1 unspecified atom stereocenters. The van der Waals surface area contributed by atoms with Gasteiger partial charge in [-0.25, -0.2) is 9.18 Å². The van der Waals surface area contributed by atoms with Crippen LogP contribution in [0.15, 0.2) is 18.2 Å². The van der Waals surface area contributed by atoms with Gasteiger partial charge >= 0.3 is 6.09 Å². The third-order valence-corrected chi connectivity index (χ3v) is 3.94. The van der Waals surface area contributed by atoms with E-state index in [2.05, 4.69) is 5.32 Å². The molecule has 138 valence electrons. The molecule has 0 spiro atoms. The second-order valence-electron chi connectivity index (χ2n) is 7.23. The van der Waals surface area contributed by atoms with E-state index in [1.165, 1.54) is 12.1 Å². The summed E-state index contributed by atoms with van der Waals surface area (Å²) in [6.45, 7) is 7.09. The SMILES string of the molecule is CC(C)(C)OC(=O)NCC1CCCN(c2ccc([N+](=O)[O-])cc2F)C1. The summed E-state index contributed by atoms with van der Waals surface area (Å²) < 4.78 is 19.4. The highest BCUT2D eigenvalue weighted by molar-refractivity contribution is 5.67. The van der Waals surface area contributed by atoms with E-state index in [0.717, 1.165) is 18.9 Å². The van der Waals surface area contributed by atoms with Crippen LogP contribution in [0.5, 0.6) is 0 Å². The first kappa shape index (κ1) is 19.0. The number of nitrogens with zero attached hydrogens (tertiary/aromatic N) is 2. The number of rotatable bonds is 4. The van der Waals surface area contributed by atoms with Gasteiger partial charge in [0, 0.05) is 25.7 Å². The minimum Gasteiger partial charge on any atom is -0.444 e. The molecule has 1 aromatic carbocycles. The van der Waals surface area contributed by atoms with Crippen LogP contribution in [0.1, 0.15) is 33.6 Å². The fraction of sp³-hybridized carbons (Fsp3) is 0.588. The van der Waals surface area contributed by atoms with E-state index >= 15 is 0 Å². The molecule has 1 amide bonds. The fourth-order valence-electron chi connectivity index (χ4n) is 2.86. The standard InChI is InChI=1S/C17H24FN3O4/c1-17(2,3)25-16(22)19-10-12-5-4-8-20(11-12)15-7-6-13(21(23)24)9-14(15)18/h6-7,9,12H,4-5,8,10-11H2,1-3H3,(H,19,22). The van der Waals surface area contributed by atoms with Crippen molar-refractivity contribution in [3.8, 4) is 0 Å². The van der Waals surface area contributed by atoms with Crippen LogP contribution in [0, 0.1) is 21.8 Å². The lowest BCUT2D eigenvalue weighted by Gasteiger charge is -2.34. The van der Waals surface area contributed by atoms with Crippen molar-refractivity contribution in [3.63, 3.8) is 0 Å². The zero-order valence-corrected chi connectivity index (χ0v) is 14.8. The van der Waals surface area contributed by atoms with Gasteiger partial charge in [-0.1, -0.05) is 0 Å². The highest BCUT2D eigenvalue weighted by Gasteiger charge is 2.24. The lowest BCUT2D eigenvalue weighted by atomic mass is 9.97. The molecule has 0 saturated carbocycles. The monoisotopic (exact) mass is 353 g/mol. The van der Waals surface area contributed by atoms with Crippen LogP contribution in [0.4, 0.5) is 20.6 Å². The number of carbonyl (C=O) groups excluding carboxylic acids is 1. The normalized spacial score (nSPS) is 17.9. The molecule has 1 saturated heterocycles. The Morgan fingerprint density at radius 1 is 1.48 bits per heavy atom. The Balaban J connectivity index is 1.94. The Kier molecular flexibility index (Phi) is 5.81. The Labute approximate surface area is 146 Å². The van der Waals surface area contributed by atoms with E-state index in [1.807, 2.05) is 4.90 Å². The summed E-state index contributed by atoms with van der Waals surface area (Å²) in [6, 6.07) is 3.69. The van der Waals surface area contributed by atoms with Crippen molar-refractivity contribution >= 4 is 17.5 Å². The third kappa shape index (κ3) is 5.58. The van der Waals surface area contributed by atoms with E-state index in [1.54, 1.807) is 20.8 Å². The van der Waals surface area contributed by atoms with Gasteiger partial charge in [-0.3, -0.25) is 10.1 Å². The van der Waals surface area contributed by atoms with E-state index < -0.39 is 22.4 Å². The summed E-state index contributed by atoms with van der Waals surface area (Å²) in [4.78, 5) is 23.7. The first-order valence-electron chi connectivity index (χ1n) is 8.31. The van der Waals surface area contributed by atoms with Crippen molar-refractivity contribution in [3.05, 3.63) is 34.1 Å². The van der Waals surface area contributed by atoms with Crippen LogP contribution in [0.25, 0.3) is 0 Å². The number of piperidine rings is 1. The first-order chi connectivity index (χ1) is 11.7. The zero-order valence-electron chi connectivity index (χ0n) is 14.8. The van der Waals surface area contributed by atoms with Crippen LogP contribution in [0.2, 0.25) is 0 Å². The van der Waals surface area contributed by atoms with Crippen molar-refractivity contribution < 1.29 is 18.8 Å². The molecule has 1 N–H and O–H groups in total. The Morgan fingerprint density at radius 2 is 2.20 bits per heavy atom. The second-order valence-corrected chi connectivity index (χ2v) is 7.23. The zero-order chi connectivity index (χ0) is 18.6. The number of nitro groups is 1. The smallest absolute Gasteiger partial charge is 0.407 e. The highest BCUT2D eigenvalue weighted by atomic mass is 19.1. The molecule has 0 radical (unpaired) electrons. The van der Waals surface area contributed by atoms with Gasteiger partial charge in [0.1, 0.15) is 5.60 Å². The van der Waals surface area contributed by atoms with Crippen LogP contribution >= 0.6 is 0 Å². The minimum absolute atomic E-state index is 0.163. The van der Waals surface area contributed by atoms with Gasteiger partial charge in [-0.15, -0.1) is 0 Å². The molecule has 0 aromatic heterocycles. The predicted molar refractivity (Wildman–Crippen MR) is 92.2 cm³/mol. The average molecular weight is 353 g/mol. The summed E-state index contributed by atoms with van der Waals surface area (Å²) in [5.74, 6) is -0.439. The van der Waals surface area contributed by atoms with Gasteiger partial charge in [-0.05, 0) is 45.6 Å². The molecule has 25 heavy (non-hydrogen) atoms. The molecule has 1 aliphatic heterocycles. The number of nitro benzene ring substituents is 1. The van der Waals surface area contributed by atoms with Crippen molar-refractivity contribution in [1.29, 1.82) is 0 Å². The number of hydrogen-bond acceptors (Lipinski definition) is 5. The molecule has 1 aliphatic rings. The van der Waals surface area contributed by atoms with E-state index in [0.29, 0.717) is 25.3 Å². The maximum absolute atomic E-state index is 14.2. The molecule has 1 heterocycles. The van der Waals surface area contributed by atoms with Gasteiger partial charge in [0.2, 0.25) is 0 Å². The van der Waals surface area contributed by atoms with Gasteiger partial charge in [0.25, 0.3) is 5.69 Å². The van der Waals surface area contributed by atoms with Gasteiger partial charge in [0.15, 0.2) is 5.82 Å². The number of nitrogens with one attached hydrogen (secondary N) is 1. The van der Waals surface area contributed by atoms with E-state index in [9.17, 15) is 19.3 Å². The molecular formula is C17H24FN3O4. The molecule has 1 atom stereocenters. The maximum Gasteiger partial charge on any atom is 0.407 e. The Morgan fingerprint density at radius 3 is 2.80 bits per heavy atom. The predicted octanol–water partition coefficient (Wildman–Crippen LogP) is 3.48. The molecule has 8 heteroatoms. The fourth-order valence-corrected chi connectivity index (χ4v) is 2.86. The summed E-state index contributed by atoms with van der Waals surface area (Å²) >= 11 is 0. The number of halogens is 1. The second kappa shape index (κ2) is 7.67. The van der Waals surface area contributed by atoms with Crippen molar-refractivity contribution in [2.45, 2.75) is 39.2 Å². The molecule has 0 aliphatic carbocycles. The molecule has 1 fully saturated rings. The van der Waals surface area contributed by atoms with Gasteiger partial charge < -0.3 is 15.0 Å². The van der Waals surface area contributed by atoms with Crippen LogP contribution < -0.4 is 10.2 Å². The largest absolute Gasteiger partial charge is 0.444 e. The Bertz CT molecular complexity index is 645. The number of alkyl carbamates (subject to hydrolysis) is 1. The van der Waals surface area contributed by atoms with E-state index in [4.69, 9.17) is 4.74 Å². The summed E-state index contributed by atoms with van der Waals surface area (Å²) in [5, 5.41) is 13.5. The van der Waals surface area contributed by atoms with Crippen molar-refractivity contribution in [2.24, 2.45) is 5.92 Å². The first-order valence-corrected chi connectivity index (χ1v) is 8.31. The highest BCUT2D eigenvalue weighted by Crippen LogP contribution is 2.28. The molecule has 7 nitrogen and oxygen atoms in total. The van der Waals surface area contributed by atoms with Gasteiger partial charge in [-0.2, -0.15) is 0 Å². The van der Waals surface area contributed by atoms with Gasteiger partial charge in [0.05, 0.1) is 16.7 Å². The summed E-state index contributed by atoms with van der Waals surface area (Å²) in [5.41, 5.74) is -0.459. The van der Waals surface area contributed by atoms with Crippen LogP contribution in [0.3, 0.4) is 0 Å². The lowest BCUT2D eigenvalue weighted by Crippen LogP contribution is -2.42. The van der Waals surface area contributed by atoms with Crippen molar-refractivity contribution in [2.75, 3.05) is 24.5 Å². The van der Waals surface area contributed by atoms with Crippen LogP contribution in [-0.2, 0) is 4.74 Å². The molecular weight excluding hydrogens is 329 g/mol. The Hall–Kier alpha value is -2.38. The number of benzene rings is 1. The number of carbonyl (C=O) groups is 1. The average Bonchev–Trinajstić information content (AvgIpc) is 2.51. The maximum atomic E-state index is 14.2. The number of anilines is 1. The quantitative estimate of drug-likeness (QED) is 0.662. The number of hydrogen-bond donors (Lipinski definition) is 1. The number of ether oxygens (including phenoxy) is 1. The topological polar surface area (TPSA) is 84.7 Å². The molecule has 0 bridgehead atoms. The lowest BCUT2D eigenvalue weighted by molar-refractivity contribution is -0.385. The van der Waals surface area contributed by atoms with Crippen molar-refractivity contribution in [1.82, 2.24) is 5.32 Å². The summed E-state index contributed by atoms with van der Waals surface area (Å²) in [6.07, 6.45) is 1.31. The number of amides is 1. The van der Waals surface area contributed by atoms with Crippen LogP contribution in [-0.4, -0.2) is 36.3 Å².